The summed E-state index contributed by atoms with van der Waals surface area (Å²) >= 11 is 2.98. The molecule has 0 spiro atoms. The molecule has 0 heterocycles. The largest absolute Gasteiger partial charge is 0.324 e. The second-order valence-corrected chi connectivity index (χ2v) is 3.74. The van der Waals surface area contributed by atoms with Crippen LogP contribution >= 0.6 is 28.3 Å². The van der Waals surface area contributed by atoms with Gasteiger partial charge in [-0.05, 0) is 34.5 Å². The smallest absolute Gasteiger partial charge is 0.145 e. The van der Waals surface area contributed by atoms with E-state index >= 15 is 0 Å². The van der Waals surface area contributed by atoms with Crippen LogP contribution in [0.4, 0.5) is 8.78 Å². The molecule has 1 aromatic rings. The van der Waals surface area contributed by atoms with Crippen molar-refractivity contribution in [1.29, 1.82) is 0 Å². The van der Waals surface area contributed by atoms with Crippen LogP contribution in [-0.4, -0.2) is 0 Å². The first kappa shape index (κ1) is 14.6. The molecule has 0 bridgehead atoms. The van der Waals surface area contributed by atoms with Crippen LogP contribution in [0.2, 0.25) is 0 Å². The molecule has 5 heteroatoms. The zero-order valence-electron chi connectivity index (χ0n) is 7.84. The van der Waals surface area contributed by atoms with Gasteiger partial charge in [0.2, 0.25) is 0 Å². The molecule has 84 valence electrons. The van der Waals surface area contributed by atoms with E-state index in [4.69, 9.17) is 5.73 Å². The number of hydrogen-bond acceptors (Lipinski definition) is 1. The molecule has 0 aliphatic rings. The van der Waals surface area contributed by atoms with Crippen molar-refractivity contribution in [2.75, 3.05) is 0 Å². The first-order valence-corrected chi connectivity index (χ1v) is 4.87. The maximum atomic E-state index is 13.4. The molecular weight excluding hydrogens is 287 g/mol. The minimum atomic E-state index is -0.690. The van der Waals surface area contributed by atoms with Crippen molar-refractivity contribution in [2.24, 2.45) is 5.73 Å². The number of halogens is 4. The van der Waals surface area contributed by atoms with Gasteiger partial charge in [-0.2, -0.15) is 0 Å². The van der Waals surface area contributed by atoms with Crippen LogP contribution in [0.3, 0.4) is 0 Å². The van der Waals surface area contributed by atoms with Gasteiger partial charge < -0.3 is 5.73 Å². The third-order valence-electron chi connectivity index (χ3n) is 1.87. The summed E-state index contributed by atoms with van der Waals surface area (Å²) in [6.07, 6.45) is 1.87. The van der Waals surface area contributed by atoms with Gasteiger partial charge in [0.25, 0.3) is 0 Å². The van der Waals surface area contributed by atoms with E-state index in [1.807, 2.05) is 0 Å². The zero-order valence-corrected chi connectivity index (χ0v) is 10.2. The molecule has 15 heavy (non-hydrogen) atoms. The van der Waals surface area contributed by atoms with Crippen LogP contribution in [0.1, 0.15) is 18.0 Å². The molecule has 0 aromatic heterocycles. The van der Waals surface area contributed by atoms with Crippen LogP contribution in [0.25, 0.3) is 0 Å². The molecule has 1 rings (SSSR count). The Bertz CT molecular complexity index is 358. The predicted molar refractivity (Wildman–Crippen MR) is 63.0 cm³/mol. The summed E-state index contributed by atoms with van der Waals surface area (Å²) < 4.78 is 26.9. The third kappa shape index (κ3) is 3.26. The Labute approximate surface area is 102 Å². The van der Waals surface area contributed by atoms with Crippen LogP contribution in [0, 0.1) is 11.6 Å². The maximum Gasteiger partial charge on any atom is 0.145 e. The molecule has 0 aliphatic heterocycles. The van der Waals surface area contributed by atoms with E-state index in [9.17, 15) is 8.78 Å². The molecule has 0 saturated heterocycles. The van der Waals surface area contributed by atoms with Crippen LogP contribution < -0.4 is 5.73 Å². The van der Waals surface area contributed by atoms with Crippen molar-refractivity contribution >= 4 is 28.3 Å². The van der Waals surface area contributed by atoms with Gasteiger partial charge in [-0.25, -0.2) is 8.78 Å². The quantitative estimate of drug-likeness (QED) is 0.668. The lowest BCUT2D eigenvalue weighted by molar-refractivity contribution is 0.523. The predicted octanol–water partition coefficient (Wildman–Crippen LogP) is 3.73. The summed E-state index contributed by atoms with van der Waals surface area (Å²) in [6, 6.07) is 1.81. The Balaban J connectivity index is 0.00000196. The summed E-state index contributed by atoms with van der Waals surface area (Å²) in [5.41, 5.74) is 5.51. The lowest BCUT2D eigenvalue weighted by atomic mass is 10.0. The van der Waals surface area contributed by atoms with Crippen molar-refractivity contribution in [3.05, 3.63) is 46.5 Å². The van der Waals surface area contributed by atoms with Crippen molar-refractivity contribution in [2.45, 2.75) is 12.5 Å². The number of nitrogens with two attached hydrogens (primary N) is 1. The monoisotopic (exact) mass is 297 g/mol. The van der Waals surface area contributed by atoms with E-state index in [0.29, 0.717) is 6.42 Å². The van der Waals surface area contributed by atoms with E-state index in [0.717, 1.165) is 0 Å². The second kappa shape index (κ2) is 6.20. The lowest BCUT2D eigenvalue weighted by Crippen LogP contribution is -2.13. The van der Waals surface area contributed by atoms with Crippen molar-refractivity contribution in [3.63, 3.8) is 0 Å². The molecule has 0 amide bonds. The fourth-order valence-corrected chi connectivity index (χ4v) is 1.53. The molecule has 0 radical (unpaired) electrons. The lowest BCUT2D eigenvalue weighted by Gasteiger charge is -2.12. The first-order valence-electron chi connectivity index (χ1n) is 4.07. The summed E-state index contributed by atoms with van der Waals surface area (Å²) in [5.74, 6) is -1.26. The molecule has 0 fully saturated rings. The molecule has 1 atom stereocenters. The Kier molecular flexibility index (Phi) is 6.02. The third-order valence-corrected chi connectivity index (χ3v) is 2.48. The van der Waals surface area contributed by atoms with E-state index < -0.39 is 17.7 Å². The highest BCUT2D eigenvalue weighted by atomic mass is 79.9. The van der Waals surface area contributed by atoms with E-state index in [1.54, 1.807) is 0 Å². The Hall–Kier alpha value is -0.450. The average Bonchev–Trinajstić information content (AvgIpc) is 2.13. The molecule has 0 aliphatic carbocycles. The molecule has 1 nitrogen and oxygen atoms in total. The van der Waals surface area contributed by atoms with Gasteiger partial charge in [0.15, 0.2) is 0 Å². The van der Waals surface area contributed by atoms with E-state index in [1.165, 1.54) is 18.2 Å². The van der Waals surface area contributed by atoms with Gasteiger partial charge in [0.1, 0.15) is 11.6 Å². The van der Waals surface area contributed by atoms with Crippen molar-refractivity contribution in [1.82, 2.24) is 0 Å². The fraction of sp³-hybridized carbons (Fsp3) is 0.200. The number of benzene rings is 1. The summed E-state index contributed by atoms with van der Waals surface area (Å²) in [4.78, 5) is 0. The Morgan fingerprint density at radius 3 is 2.60 bits per heavy atom. The summed E-state index contributed by atoms with van der Waals surface area (Å²) in [7, 11) is 0. The van der Waals surface area contributed by atoms with Crippen LogP contribution in [-0.2, 0) is 0 Å². The minimum absolute atomic E-state index is 0. The van der Waals surface area contributed by atoms with E-state index in [2.05, 4.69) is 22.5 Å². The average molecular weight is 299 g/mol. The number of hydrogen-bond donors (Lipinski definition) is 1. The fourth-order valence-electron chi connectivity index (χ4n) is 1.18. The van der Waals surface area contributed by atoms with Crippen LogP contribution in [0.15, 0.2) is 29.3 Å². The van der Waals surface area contributed by atoms with Gasteiger partial charge in [-0.15, -0.1) is 19.0 Å². The normalized spacial score (nSPS) is 11.7. The highest BCUT2D eigenvalue weighted by Crippen LogP contribution is 2.27. The Morgan fingerprint density at radius 2 is 2.07 bits per heavy atom. The van der Waals surface area contributed by atoms with Gasteiger partial charge in [0, 0.05) is 11.6 Å². The topological polar surface area (TPSA) is 26.0 Å². The first-order chi connectivity index (χ1) is 6.57. The molecular formula is C10H11BrClF2N. The zero-order chi connectivity index (χ0) is 10.7. The van der Waals surface area contributed by atoms with Gasteiger partial charge >= 0.3 is 0 Å². The summed E-state index contributed by atoms with van der Waals surface area (Å²) in [6.45, 7) is 3.47. The molecule has 0 saturated carbocycles. The van der Waals surface area contributed by atoms with Crippen LogP contribution in [0.5, 0.6) is 0 Å². The van der Waals surface area contributed by atoms with Crippen molar-refractivity contribution in [3.8, 4) is 0 Å². The summed E-state index contributed by atoms with van der Waals surface area (Å²) in [5, 5.41) is 0. The minimum Gasteiger partial charge on any atom is -0.324 e. The van der Waals surface area contributed by atoms with Gasteiger partial charge in [-0.3, -0.25) is 0 Å². The number of rotatable bonds is 3. The van der Waals surface area contributed by atoms with Gasteiger partial charge in [-0.1, -0.05) is 6.08 Å². The highest BCUT2D eigenvalue weighted by molar-refractivity contribution is 9.10. The van der Waals surface area contributed by atoms with Crippen molar-refractivity contribution < 1.29 is 8.78 Å². The van der Waals surface area contributed by atoms with Gasteiger partial charge in [0.05, 0.1) is 4.47 Å². The molecule has 2 N–H and O–H groups in total. The molecule has 1 aromatic carbocycles. The Morgan fingerprint density at radius 1 is 1.47 bits per heavy atom. The van der Waals surface area contributed by atoms with E-state index in [-0.39, 0.29) is 22.4 Å². The maximum absolute atomic E-state index is 13.4. The second-order valence-electron chi connectivity index (χ2n) is 2.89. The highest BCUT2D eigenvalue weighted by Gasteiger charge is 2.17. The SMILES string of the molecule is C=CC[C@@H](N)c1c(F)ccc(Br)c1F.Cl. The molecule has 0 unspecified atom stereocenters. The standard InChI is InChI=1S/C10H10BrF2N.ClH/c1-2-3-8(14)9-7(12)5-4-6(11)10(9)13;/h2,4-5,8H,1,3,14H2;1H/t8-;/m1./s1.